The fraction of sp³-hybridized carbons (Fsp3) is 0.389. The first-order valence-corrected chi connectivity index (χ1v) is 10.6. The zero-order valence-corrected chi connectivity index (χ0v) is 16.0. The summed E-state index contributed by atoms with van der Waals surface area (Å²) in [5.74, 6) is 0.659. The summed E-state index contributed by atoms with van der Waals surface area (Å²) in [7, 11) is -3.05. The molecule has 0 saturated carbocycles. The second kappa shape index (κ2) is 7.82. The Morgan fingerprint density at radius 1 is 1.38 bits per heavy atom. The van der Waals surface area contributed by atoms with Crippen molar-refractivity contribution in [3.05, 3.63) is 52.9 Å². The van der Waals surface area contributed by atoms with Crippen LogP contribution in [0.15, 0.2) is 41.0 Å². The number of nitrogens with zero attached hydrogens (tertiary/aromatic N) is 1. The standard InChI is InChI=1S/C18H21ClN2O4S/c1-13-4-5-17(16(19)9-13)20-18(22)11-21(10-15-3-2-7-25-15)14-6-8-26(23,24)12-14/h2-5,7,9,14H,6,8,10-12H2,1H3,(H,20,22)/t14-/m1/s1. The largest absolute Gasteiger partial charge is 0.468 e. The van der Waals surface area contributed by atoms with Crippen molar-refractivity contribution in [2.45, 2.75) is 25.9 Å². The molecule has 3 rings (SSSR count). The zero-order chi connectivity index (χ0) is 18.7. The lowest BCUT2D eigenvalue weighted by Gasteiger charge is -2.26. The number of carbonyl (C=O) groups is 1. The Kier molecular flexibility index (Phi) is 5.70. The van der Waals surface area contributed by atoms with Crippen LogP contribution >= 0.6 is 11.6 Å². The van der Waals surface area contributed by atoms with Gasteiger partial charge in [-0.25, -0.2) is 8.42 Å². The first kappa shape index (κ1) is 18.9. The molecular weight excluding hydrogens is 376 g/mol. The van der Waals surface area contributed by atoms with Crippen LogP contribution in [0.5, 0.6) is 0 Å². The predicted octanol–water partition coefficient (Wildman–Crippen LogP) is 2.87. The van der Waals surface area contributed by atoms with Gasteiger partial charge < -0.3 is 9.73 Å². The van der Waals surface area contributed by atoms with Gasteiger partial charge in [-0.2, -0.15) is 0 Å². The summed E-state index contributed by atoms with van der Waals surface area (Å²) in [6, 6.07) is 8.78. The maximum Gasteiger partial charge on any atom is 0.238 e. The summed E-state index contributed by atoms with van der Waals surface area (Å²) in [4.78, 5) is 14.4. The van der Waals surface area contributed by atoms with Gasteiger partial charge in [-0.05, 0) is 43.2 Å². The van der Waals surface area contributed by atoms with E-state index >= 15 is 0 Å². The van der Waals surface area contributed by atoms with E-state index in [1.807, 2.05) is 24.0 Å². The minimum Gasteiger partial charge on any atom is -0.468 e. The molecule has 8 heteroatoms. The summed E-state index contributed by atoms with van der Waals surface area (Å²) >= 11 is 6.17. The first-order chi connectivity index (χ1) is 12.3. The molecular formula is C18H21ClN2O4S. The maximum absolute atomic E-state index is 12.5. The second-order valence-electron chi connectivity index (χ2n) is 6.57. The molecule has 2 aromatic rings. The van der Waals surface area contributed by atoms with Crippen molar-refractivity contribution >= 4 is 33.0 Å². The SMILES string of the molecule is Cc1ccc(NC(=O)CN(Cc2ccco2)[C@@H]2CCS(=O)(=O)C2)c(Cl)c1. The number of furan rings is 1. The van der Waals surface area contributed by atoms with Crippen LogP contribution < -0.4 is 5.32 Å². The van der Waals surface area contributed by atoms with E-state index in [2.05, 4.69) is 5.32 Å². The molecule has 1 N–H and O–H groups in total. The third-order valence-corrected chi connectivity index (χ3v) is 6.47. The molecule has 0 spiro atoms. The van der Waals surface area contributed by atoms with E-state index in [1.165, 1.54) is 0 Å². The van der Waals surface area contributed by atoms with Gasteiger partial charge in [-0.3, -0.25) is 9.69 Å². The Hall–Kier alpha value is -1.83. The van der Waals surface area contributed by atoms with Gasteiger partial charge in [-0.1, -0.05) is 17.7 Å². The van der Waals surface area contributed by atoms with Crippen LogP contribution in [0.2, 0.25) is 5.02 Å². The highest BCUT2D eigenvalue weighted by atomic mass is 35.5. The lowest BCUT2D eigenvalue weighted by molar-refractivity contribution is -0.118. The van der Waals surface area contributed by atoms with Gasteiger partial charge in [0.2, 0.25) is 5.91 Å². The third-order valence-electron chi connectivity index (χ3n) is 4.41. The van der Waals surface area contributed by atoms with E-state index in [0.29, 0.717) is 29.4 Å². The molecule has 0 aliphatic carbocycles. The minimum atomic E-state index is -3.05. The highest BCUT2D eigenvalue weighted by Gasteiger charge is 2.33. The Morgan fingerprint density at radius 2 is 2.19 bits per heavy atom. The van der Waals surface area contributed by atoms with Crippen LogP contribution in [0.1, 0.15) is 17.7 Å². The van der Waals surface area contributed by atoms with Gasteiger partial charge in [0.1, 0.15) is 5.76 Å². The number of benzene rings is 1. The molecule has 1 fully saturated rings. The quantitative estimate of drug-likeness (QED) is 0.812. The number of halogens is 1. The monoisotopic (exact) mass is 396 g/mol. The lowest BCUT2D eigenvalue weighted by atomic mass is 10.2. The number of amides is 1. The fourth-order valence-corrected chi connectivity index (χ4v) is 5.12. The van der Waals surface area contributed by atoms with E-state index in [4.69, 9.17) is 16.0 Å². The number of hydrogen-bond donors (Lipinski definition) is 1. The zero-order valence-electron chi connectivity index (χ0n) is 14.4. The second-order valence-corrected chi connectivity index (χ2v) is 9.21. The average molecular weight is 397 g/mol. The highest BCUT2D eigenvalue weighted by Crippen LogP contribution is 2.24. The van der Waals surface area contributed by atoms with Crippen LogP contribution in [-0.2, 0) is 21.2 Å². The van der Waals surface area contributed by atoms with Crippen LogP contribution in [0.4, 0.5) is 5.69 Å². The first-order valence-electron chi connectivity index (χ1n) is 8.35. The molecule has 1 aromatic carbocycles. The van der Waals surface area contributed by atoms with Crippen molar-refractivity contribution in [1.29, 1.82) is 0 Å². The molecule has 1 amide bonds. The number of nitrogens with one attached hydrogen (secondary N) is 1. The number of rotatable bonds is 6. The summed E-state index contributed by atoms with van der Waals surface area (Å²) in [5.41, 5.74) is 1.54. The van der Waals surface area contributed by atoms with Crippen LogP contribution in [-0.4, -0.2) is 43.3 Å². The Morgan fingerprint density at radius 3 is 2.81 bits per heavy atom. The van der Waals surface area contributed by atoms with Crippen molar-refractivity contribution in [3.8, 4) is 0 Å². The number of carbonyl (C=O) groups excluding carboxylic acids is 1. The highest BCUT2D eigenvalue weighted by molar-refractivity contribution is 7.91. The molecule has 140 valence electrons. The van der Waals surface area contributed by atoms with E-state index in [1.54, 1.807) is 24.5 Å². The average Bonchev–Trinajstić information content (AvgIpc) is 3.19. The maximum atomic E-state index is 12.5. The fourth-order valence-electron chi connectivity index (χ4n) is 3.08. The molecule has 6 nitrogen and oxygen atoms in total. The molecule has 1 aliphatic heterocycles. The molecule has 2 heterocycles. The Labute approximate surface area is 158 Å². The van der Waals surface area contributed by atoms with Gasteiger partial charge in [0.05, 0.1) is 41.6 Å². The molecule has 1 saturated heterocycles. The van der Waals surface area contributed by atoms with Crippen molar-refractivity contribution < 1.29 is 17.6 Å². The summed E-state index contributed by atoms with van der Waals surface area (Å²) < 4.78 is 29.0. The number of anilines is 1. The summed E-state index contributed by atoms with van der Waals surface area (Å²) in [6.07, 6.45) is 2.08. The molecule has 1 aromatic heterocycles. The third kappa shape index (κ3) is 4.87. The van der Waals surface area contributed by atoms with Crippen molar-refractivity contribution in [2.75, 3.05) is 23.4 Å². The molecule has 0 unspecified atom stereocenters. The van der Waals surface area contributed by atoms with Gasteiger partial charge in [0.15, 0.2) is 9.84 Å². The van der Waals surface area contributed by atoms with Crippen LogP contribution in [0, 0.1) is 6.92 Å². The smallest absolute Gasteiger partial charge is 0.238 e. The van der Waals surface area contributed by atoms with E-state index in [0.717, 1.165) is 5.56 Å². The molecule has 1 aliphatic rings. The normalized spacial score (nSPS) is 19.0. The van der Waals surface area contributed by atoms with Gasteiger partial charge in [0.25, 0.3) is 0 Å². The number of aryl methyl sites for hydroxylation is 1. The molecule has 1 atom stereocenters. The van der Waals surface area contributed by atoms with Gasteiger partial charge in [-0.15, -0.1) is 0 Å². The molecule has 26 heavy (non-hydrogen) atoms. The topological polar surface area (TPSA) is 79.6 Å². The van der Waals surface area contributed by atoms with Crippen molar-refractivity contribution in [3.63, 3.8) is 0 Å². The number of sulfone groups is 1. The van der Waals surface area contributed by atoms with Gasteiger partial charge in [0, 0.05) is 6.04 Å². The Bertz CT molecular complexity index is 881. The summed E-state index contributed by atoms with van der Waals surface area (Å²) in [6.45, 7) is 2.36. The Balaban J connectivity index is 1.71. The van der Waals surface area contributed by atoms with Crippen molar-refractivity contribution in [2.24, 2.45) is 0 Å². The minimum absolute atomic E-state index is 0.0606. The van der Waals surface area contributed by atoms with Crippen LogP contribution in [0.25, 0.3) is 0 Å². The van der Waals surface area contributed by atoms with E-state index < -0.39 is 9.84 Å². The lowest BCUT2D eigenvalue weighted by Crippen LogP contribution is -2.41. The van der Waals surface area contributed by atoms with Gasteiger partial charge >= 0.3 is 0 Å². The molecule has 0 bridgehead atoms. The van der Waals surface area contributed by atoms with E-state index in [-0.39, 0.29) is 30.0 Å². The van der Waals surface area contributed by atoms with Crippen LogP contribution in [0.3, 0.4) is 0 Å². The predicted molar refractivity (Wildman–Crippen MR) is 101 cm³/mol. The number of hydrogen-bond acceptors (Lipinski definition) is 5. The molecule has 0 radical (unpaired) electrons. The van der Waals surface area contributed by atoms with E-state index in [9.17, 15) is 13.2 Å². The summed E-state index contributed by atoms with van der Waals surface area (Å²) in [5, 5.41) is 3.27. The van der Waals surface area contributed by atoms with Crippen molar-refractivity contribution in [1.82, 2.24) is 4.90 Å².